The Balaban J connectivity index is 2.26. The van der Waals surface area contributed by atoms with Gasteiger partial charge in [0, 0.05) is 14.6 Å². The number of fused-ring (bicyclic) bond motifs is 3. The van der Waals surface area contributed by atoms with Crippen LogP contribution >= 0.6 is 49.9 Å². The van der Waals surface area contributed by atoms with Gasteiger partial charge in [-0.15, -0.1) is 34.0 Å². The Labute approximate surface area is 154 Å². The summed E-state index contributed by atoms with van der Waals surface area (Å²) in [6.45, 7) is 14.7. The molecule has 0 saturated carbocycles. The van der Waals surface area contributed by atoms with Gasteiger partial charge >= 0.3 is 0 Å². The van der Waals surface area contributed by atoms with E-state index in [0.29, 0.717) is 0 Å². The van der Waals surface area contributed by atoms with E-state index in [1.165, 1.54) is 23.3 Å². The molecule has 0 unspecified atom stereocenters. The van der Waals surface area contributed by atoms with Crippen molar-refractivity contribution < 1.29 is 0 Å². The molecule has 0 N–H and O–H groups in total. The molecule has 0 spiro atoms. The van der Waals surface area contributed by atoms with Gasteiger partial charge in [-0.2, -0.15) is 0 Å². The summed E-state index contributed by atoms with van der Waals surface area (Å²) in [6, 6.07) is 2.55. The summed E-state index contributed by atoms with van der Waals surface area (Å²) in [5.74, 6) is 0. The van der Waals surface area contributed by atoms with Gasteiger partial charge in [0.2, 0.25) is 0 Å². The van der Waals surface area contributed by atoms with E-state index in [9.17, 15) is 0 Å². The minimum Gasteiger partial charge on any atom is -0.142 e. The highest BCUT2D eigenvalue weighted by atomic mass is 79.9. The van der Waals surface area contributed by atoms with E-state index in [4.69, 9.17) is 0 Å². The largest absolute Gasteiger partial charge is 0.142 e. The van der Waals surface area contributed by atoms with Crippen LogP contribution in [0.5, 0.6) is 0 Å². The average Bonchev–Trinajstić information content (AvgIpc) is 3.02. The quantitative estimate of drug-likeness (QED) is 0.369. The molecule has 0 radical (unpaired) electrons. The molecular formula is C17H23BrS3Si. The molecule has 3 aromatic heterocycles. The summed E-state index contributed by atoms with van der Waals surface area (Å²) >= 11 is 9.64. The molecule has 0 atom stereocenters. The maximum atomic E-state index is 3.69. The van der Waals surface area contributed by atoms with E-state index in [1.807, 2.05) is 22.7 Å². The summed E-state index contributed by atoms with van der Waals surface area (Å²) in [7, 11) is -1.51. The molecule has 0 amide bonds. The number of hydrogen-bond donors (Lipinski definition) is 0. The zero-order valence-electron chi connectivity index (χ0n) is 14.0. The van der Waals surface area contributed by atoms with E-state index < -0.39 is 8.07 Å². The first-order valence-electron chi connectivity index (χ1n) is 7.89. The molecule has 120 valence electrons. The summed E-state index contributed by atoms with van der Waals surface area (Å²) in [4.78, 5) is 0. The van der Waals surface area contributed by atoms with Crippen LogP contribution in [0, 0.1) is 0 Å². The zero-order chi connectivity index (χ0) is 16.2. The molecule has 0 aromatic carbocycles. The lowest BCUT2D eigenvalue weighted by molar-refractivity contribution is 0.837. The number of thiophene rings is 3. The Morgan fingerprint density at radius 1 is 0.864 bits per heavy atom. The lowest BCUT2D eigenvalue weighted by Gasteiger charge is -2.42. The van der Waals surface area contributed by atoms with E-state index in [2.05, 4.69) is 80.3 Å². The molecule has 0 nitrogen and oxygen atoms in total. The van der Waals surface area contributed by atoms with Crippen LogP contribution in [0.3, 0.4) is 0 Å². The van der Waals surface area contributed by atoms with E-state index in [0.717, 1.165) is 16.6 Å². The van der Waals surface area contributed by atoms with Gasteiger partial charge < -0.3 is 0 Å². The second-order valence-electron chi connectivity index (χ2n) is 7.05. The molecule has 5 heteroatoms. The number of rotatable bonds is 4. The van der Waals surface area contributed by atoms with Crippen molar-refractivity contribution in [2.24, 2.45) is 0 Å². The smallest absolute Gasteiger partial charge is 0.107 e. The van der Waals surface area contributed by atoms with E-state index in [1.54, 1.807) is 4.50 Å². The van der Waals surface area contributed by atoms with Crippen molar-refractivity contribution in [3.63, 3.8) is 0 Å². The van der Waals surface area contributed by atoms with Crippen molar-refractivity contribution >= 4 is 81.3 Å². The highest BCUT2D eigenvalue weighted by molar-refractivity contribution is 9.10. The fourth-order valence-corrected chi connectivity index (χ4v) is 18.1. The average molecular weight is 432 g/mol. The van der Waals surface area contributed by atoms with Gasteiger partial charge in [0.25, 0.3) is 0 Å². The monoisotopic (exact) mass is 430 g/mol. The van der Waals surface area contributed by atoms with Gasteiger partial charge in [0.1, 0.15) is 8.07 Å². The van der Waals surface area contributed by atoms with Gasteiger partial charge in [0.15, 0.2) is 0 Å². The lowest BCUT2D eigenvalue weighted by atomic mass is 10.5. The molecule has 0 saturated heterocycles. The topological polar surface area (TPSA) is 0 Å². The van der Waals surface area contributed by atoms with Crippen molar-refractivity contribution in [3.8, 4) is 0 Å². The molecule has 0 aliphatic carbocycles. The van der Waals surface area contributed by atoms with Crippen LogP contribution in [-0.4, -0.2) is 8.07 Å². The molecule has 22 heavy (non-hydrogen) atoms. The van der Waals surface area contributed by atoms with Crippen molar-refractivity contribution in [1.82, 2.24) is 0 Å². The summed E-state index contributed by atoms with van der Waals surface area (Å²) < 4.78 is 8.94. The Morgan fingerprint density at radius 2 is 1.45 bits per heavy atom. The van der Waals surface area contributed by atoms with Crippen LogP contribution in [-0.2, 0) is 0 Å². The Morgan fingerprint density at radius 3 is 2.00 bits per heavy atom. The third kappa shape index (κ3) is 2.31. The summed E-state index contributed by atoms with van der Waals surface area (Å²) in [6.07, 6.45) is 0. The molecular weight excluding hydrogens is 408 g/mol. The van der Waals surface area contributed by atoms with Gasteiger partial charge in [-0.25, -0.2) is 0 Å². The molecule has 3 rings (SSSR count). The number of halogens is 1. The predicted molar refractivity (Wildman–Crippen MR) is 113 cm³/mol. The second-order valence-corrected chi connectivity index (χ2v) is 17.1. The molecule has 3 aromatic rings. The van der Waals surface area contributed by atoms with Crippen LogP contribution < -0.4 is 4.50 Å². The Bertz CT molecular complexity index is 785. The van der Waals surface area contributed by atoms with Gasteiger partial charge in [-0.05, 0) is 43.1 Å². The van der Waals surface area contributed by atoms with Crippen LogP contribution in [0.2, 0.25) is 16.6 Å². The summed E-state index contributed by atoms with van der Waals surface area (Å²) in [5, 5.41) is 2.23. The molecule has 0 bridgehead atoms. The van der Waals surface area contributed by atoms with Gasteiger partial charge in [-0.3, -0.25) is 0 Å². The standard InChI is InChI=1S/C17H23BrS3Si/c1-9(2)22(10(3)4,11(5)6)14-7-13-16(21-14)17-15(20-13)12(18)8-19-17/h7-11H,1-6H3. The molecule has 3 heterocycles. The molecule has 0 fully saturated rings. The first-order chi connectivity index (χ1) is 10.3. The summed E-state index contributed by atoms with van der Waals surface area (Å²) in [5.41, 5.74) is 2.35. The Hall–Kier alpha value is 0.317. The third-order valence-corrected chi connectivity index (χ3v) is 17.9. The highest BCUT2D eigenvalue weighted by Gasteiger charge is 2.45. The third-order valence-electron chi connectivity index (χ3n) is 5.11. The van der Waals surface area contributed by atoms with Gasteiger partial charge in [-0.1, -0.05) is 41.5 Å². The minimum absolute atomic E-state index is 0.783. The maximum absolute atomic E-state index is 3.69. The normalized spacial score (nSPS) is 13.5. The van der Waals surface area contributed by atoms with Crippen LogP contribution in [0.25, 0.3) is 18.8 Å². The highest BCUT2D eigenvalue weighted by Crippen LogP contribution is 2.48. The SMILES string of the molecule is CC(C)[Si](c1cc2sc3c(Br)csc3c2s1)(C(C)C)C(C)C. The van der Waals surface area contributed by atoms with Crippen LogP contribution in [0.1, 0.15) is 41.5 Å². The van der Waals surface area contributed by atoms with E-state index in [-0.39, 0.29) is 0 Å². The Kier molecular flexibility index (Phi) is 4.67. The predicted octanol–water partition coefficient (Wildman–Crippen LogP) is 7.83. The van der Waals surface area contributed by atoms with Crippen molar-refractivity contribution in [1.29, 1.82) is 0 Å². The first-order valence-corrected chi connectivity index (χ1v) is 13.4. The fraction of sp³-hybridized carbons (Fsp3) is 0.529. The first kappa shape index (κ1) is 17.2. The van der Waals surface area contributed by atoms with Gasteiger partial charge in [0.05, 0.1) is 14.1 Å². The second kappa shape index (κ2) is 5.99. The van der Waals surface area contributed by atoms with Crippen molar-refractivity contribution in [2.45, 2.75) is 58.2 Å². The van der Waals surface area contributed by atoms with Crippen molar-refractivity contribution in [2.75, 3.05) is 0 Å². The number of hydrogen-bond acceptors (Lipinski definition) is 3. The fourth-order valence-electron chi connectivity index (χ4n) is 4.36. The zero-order valence-corrected chi connectivity index (χ0v) is 19.0. The van der Waals surface area contributed by atoms with Crippen molar-refractivity contribution in [3.05, 3.63) is 15.9 Å². The van der Waals surface area contributed by atoms with E-state index >= 15 is 0 Å². The minimum atomic E-state index is -1.51. The van der Waals surface area contributed by atoms with Crippen LogP contribution in [0.15, 0.2) is 15.9 Å². The van der Waals surface area contributed by atoms with Crippen LogP contribution in [0.4, 0.5) is 0 Å². The molecule has 0 aliphatic rings. The molecule has 0 aliphatic heterocycles. The maximum Gasteiger partial charge on any atom is 0.107 e. The lowest BCUT2D eigenvalue weighted by Crippen LogP contribution is -2.54.